The van der Waals surface area contributed by atoms with Crippen molar-refractivity contribution in [3.63, 3.8) is 0 Å². The van der Waals surface area contributed by atoms with Crippen LogP contribution in [-0.4, -0.2) is 39.0 Å². The summed E-state index contributed by atoms with van der Waals surface area (Å²) in [6.45, 7) is 1.21. The van der Waals surface area contributed by atoms with Gasteiger partial charge in [-0.25, -0.2) is 0 Å². The normalized spacial score (nSPS) is 20.7. The summed E-state index contributed by atoms with van der Waals surface area (Å²) in [5.41, 5.74) is 0.580. The molecular weight excluding hydrogens is 244 g/mol. The molecule has 1 saturated heterocycles. The van der Waals surface area contributed by atoms with Crippen molar-refractivity contribution in [3.05, 3.63) is 23.8 Å². The standard InChI is InChI=1S/C14H16N2O3/c1-16(2)13(14(6-15)7-17-8-14)10-3-4-11-12(5-10)19-9-18-11/h3-5,13H,7-9H2,1-2H3. The zero-order chi connectivity index (χ0) is 13.5. The first-order valence-electron chi connectivity index (χ1n) is 6.21. The Morgan fingerprint density at radius 1 is 1.26 bits per heavy atom. The molecule has 2 heterocycles. The van der Waals surface area contributed by atoms with Crippen LogP contribution in [-0.2, 0) is 4.74 Å². The van der Waals surface area contributed by atoms with Crippen LogP contribution in [0.3, 0.4) is 0 Å². The first-order valence-corrected chi connectivity index (χ1v) is 6.21. The molecule has 5 nitrogen and oxygen atoms in total. The van der Waals surface area contributed by atoms with Gasteiger partial charge in [0.1, 0.15) is 5.41 Å². The van der Waals surface area contributed by atoms with Crippen LogP contribution in [0.4, 0.5) is 0 Å². The Bertz CT molecular complexity index is 532. The number of nitriles is 1. The van der Waals surface area contributed by atoms with Crippen molar-refractivity contribution in [2.75, 3.05) is 34.1 Å². The van der Waals surface area contributed by atoms with Gasteiger partial charge >= 0.3 is 0 Å². The molecule has 0 saturated carbocycles. The molecule has 1 atom stereocenters. The molecule has 0 amide bonds. The second-order valence-electron chi connectivity index (χ2n) is 5.24. The SMILES string of the molecule is CN(C)C(c1ccc2c(c1)OCO2)C1(C#N)COC1. The maximum absolute atomic E-state index is 9.50. The minimum atomic E-state index is -0.475. The van der Waals surface area contributed by atoms with Crippen molar-refractivity contribution in [1.82, 2.24) is 4.90 Å². The lowest BCUT2D eigenvalue weighted by Gasteiger charge is -2.44. The molecule has 0 aromatic heterocycles. The maximum atomic E-state index is 9.50. The van der Waals surface area contributed by atoms with Crippen molar-refractivity contribution in [1.29, 1.82) is 5.26 Å². The molecule has 5 heteroatoms. The first-order chi connectivity index (χ1) is 9.16. The fraction of sp³-hybridized carbons (Fsp3) is 0.500. The Labute approximate surface area is 112 Å². The van der Waals surface area contributed by atoms with E-state index in [-0.39, 0.29) is 12.8 Å². The lowest BCUT2D eigenvalue weighted by Crippen LogP contribution is -2.50. The monoisotopic (exact) mass is 260 g/mol. The van der Waals surface area contributed by atoms with Crippen LogP contribution in [0.2, 0.25) is 0 Å². The third-order valence-electron chi connectivity index (χ3n) is 3.69. The van der Waals surface area contributed by atoms with Crippen LogP contribution < -0.4 is 9.47 Å². The molecule has 0 bridgehead atoms. The Morgan fingerprint density at radius 3 is 2.58 bits per heavy atom. The van der Waals surface area contributed by atoms with Gasteiger partial charge in [-0.2, -0.15) is 5.26 Å². The Morgan fingerprint density at radius 2 is 2.00 bits per heavy atom. The van der Waals surface area contributed by atoms with Gasteiger partial charge in [0.05, 0.1) is 25.3 Å². The minimum Gasteiger partial charge on any atom is -0.454 e. The summed E-state index contributed by atoms with van der Waals surface area (Å²) in [6.07, 6.45) is 0. The van der Waals surface area contributed by atoms with Gasteiger partial charge in [0.15, 0.2) is 11.5 Å². The summed E-state index contributed by atoms with van der Waals surface area (Å²) in [6, 6.07) is 8.27. The lowest BCUT2D eigenvalue weighted by atomic mass is 9.76. The molecule has 0 N–H and O–H groups in total. The molecule has 1 unspecified atom stereocenters. The van der Waals surface area contributed by atoms with Crippen LogP contribution in [0.25, 0.3) is 0 Å². The fourth-order valence-electron chi connectivity index (χ4n) is 2.80. The predicted octanol–water partition coefficient (Wildman–Crippen LogP) is 1.56. The minimum absolute atomic E-state index is 0.0132. The van der Waals surface area contributed by atoms with Crippen LogP contribution >= 0.6 is 0 Å². The van der Waals surface area contributed by atoms with Crippen LogP contribution in [0.5, 0.6) is 11.5 Å². The molecule has 1 aromatic rings. The fourth-order valence-corrected chi connectivity index (χ4v) is 2.80. The Balaban J connectivity index is 1.99. The highest BCUT2D eigenvalue weighted by atomic mass is 16.7. The highest BCUT2D eigenvalue weighted by molar-refractivity contribution is 5.46. The molecule has 0 spiro atoms. The molecule has 3 rings (SSSR count). The third kappa shape index (κ3) is 1.84. The van der Waals surface area contributed by atoms with Crippen LogP contribution in [0, 0.1) is 16.7 Å². The molecular formula is C14H16N2O3. The number of benzene rings is 1. The third-order valence-corrected chi connectivity index (χ3v) is 3.69. The molecule has 100 valence electrons. The van der Waals surface area contributed by atoms with Crippen molar-refractivity contribution in [2.45, 2.75) is 6.04 Å². The van der Waals surface area contributed by atoms with Gasteiger partial charge < -0.3 is 19.1 Å². The van der Waals surface area contributed by atoms with Crippen LogP contribution in [0.15, 0.2) is 18.2 Å². The number of hydrogen-bond acceptors (Lipinski definition) is 5. The number of hydrogen-bond donors (Lipinski definition) is 0. The molecule has 19 heavy (non-hydrogen) atoms. The Hall–Kier alpha value is -1.77. The lowest BCUT2D eigenvalue weighted by molar-refractivity contribution is -0.115. The van der Waals surface area contributed by atoms with Gasteiger partial charge in [0.2, 0.25) is 6.79 Å². The molecule has 0 radical (unpaired) electrons. The zero-order valence-electron chi connectivity index (χ0n) is 11.0. The van der Waals surface area contributed by atoms with E-state index in [2.05, 4.69) is 11.0 Å². The second kappa shape index (κ2) is 4.41. The van der Waals surface area contributed by atoms with E-state index in [1.54, 1.807) is 0 Å². The van der Waals surface area contributed by atoms with E-state index in [0.717, 1.165) is 17.1 Å². The summed E-state index contributed by atoms with van der Waals surface area (Å²) in [7, 11) is 3.96. The van der Waals surface area contributed by atoms with E-state index in [0.29, 0.717) is 13.2 Å². The highest BCUT2D eigenvalue weighted by Gasteiger charge is 2.48. The summed E-state index contributed by atoms with van der Waals surface area (Å²) < 4.78 is 16.0. The van der Waals surface area contributed by atoms with E-state index in [9.17, 15) is 5.26 Å². The molecule has 0 aliphatic carbocycles. The van der Waals surface area contributed by atoms with E-state index < -0.39 is 5.41 Å². The molecule has 1 aromatic carbocycles. The van der Waals surface area contributed by atoms with E-state index in [1.807, 2.05) is 32.3 Å². The predicted molar refractivity (Wildman–Crippen MR) is 67.9 cm³/mol. The van der Waals surface area contributed by atoms with Gasteiger partial charge in [-0.1, -0.05) is 6.07 Å². The number of rotatable bonds is 3. The van der Waals surface area contributed by atoms with Crippen molar-refractivity contribution < 1.29 is 14.2 Å². The van der Waals surface area contributed by atoms with Gasteiger partial charge in [0, 0.05) is 0 Å². The topological polar surface area (TPSA) is 54.7 Å². The van der Waals surface area contributed by atoms with E-state index in [1.165, 1.54) is 0 Å². The zero-order valence-corrected chi connectivity index (χ0v) is 11.0. The first kappa shape index (κ1) is 12.3. The summed E-state index contributed by atoms with van der Waals surface area (Å²) >= 11 is 0. The highest BCUT2D eigenvalue weighted by Crippen LogP contribution is 2.45. The van der Waals surface area contributed by atoms with Gasteiger partial charge in [-0.05, 0) is 31.8 Å². The molecule has 2 aliphatic rings. The van der Waals surface area contributed by atoms with Gasteiger partial charge in [0.25, 0.3) is 0 Å². The quantitative estimate of drug-likeness (QED) is 0.825. The largest absolute Gasteiger partial charge is 0.454 e. The van der Waals surface area contributed by atoms with E-state index >= 15 is 0 Å². The van der Waals surface area contributed by atoms with Crippen molar-refractivity contribution in [2.24, 2.45) is 5.41 Å². The maximum Gasteiger partial charge on any atom is 0.231 e. The average Bonchev–Trinajstić information content (AvgIpc) is 2.80. The van der Waals surface area contributed by atoms with Crippen LogP contribution in [0.1, 0.15) is 11.6 Å². The van der Waals surface area contributed by atoms with Gasteiger partial charge in [-0.3, -0.25) is 0 Å². The number of nitrogens with zero attached hydrogens (tertiary/aromatic N) is 2. The van der Waals surface area contributed by atoms with Gasteiger partial charge in [-0.15, -0.1) is 0 Å². The van der Waals surface area contributed by atoms with E-state index in [4.69, 9.17) is 14.2 Å². The second-order valence-corrected chi connectivity index (χ2v) is 5.24. The average molecular weight is 260 g/mol. The number of ether oxygens (including phenoxy) is 3. The molecule has 2 aliphatic heterocycles. The smallest absolute Gasteiger partial charge is 0.231 e. The summed E-state index contributed by atoms with van der Waals surface area (Å²) in [5.74, 6) is 1.51. The molecule has 1 fully saturated rings. The summed E-state index contributed by atoms with van der Waals surface area (Å²) in [5, 5.41) is 9.50. The summed E-state index contributed by atoms with van der Waals surface area (Å²) in [4.78, 5) is 2.06. The Kier molecular flexibility index (Phi) is 2.85. The van der Waals surface area contributed by atoms with Crippen molar-refractivity contribution in [3.8, 4) is 17.6 Å². The number of fused-ring (bicyclic) bond motifs is 1. The van der Waals surface area contributed by atoms with Crippen molar-refractivity contribution >= 4 is 0 Å².